The van der Waals surface area contributed by atoms with E-state index in [-0.39, 0.29) is 0 Å². The number of hydrogen-bond acceptors (Lipinski definition) is 5. The van der Waals surface area contributed by atoms with Gasteiger partial charge in [-0.2, -0.15) is 0 Å². The molecule has 5 heteroatoms. The fourth-order valence-electron chi connectivity index (χ4n) is 0.981. The minimum Gasteiger partial charge on any atom is -0.495 e. The number of rotatable bonds is 4. The van der Waals surface area contributed by atoms with Crippen LogP contribution >= 0.6 is 0 Å². The predicted molar refractivity (Wildman–Crippen MR) is 46.0 cm³/mol. The Balaban J connectivity index is 2.95. The Morgan fingerprint density at radius 3 is 2.77 bits per heavy atom. The van der Waals surface area contributed by atoms with Gasteiger partial charge in [0.05, 0.1) is 20.4 Å². The molecule has 0 unspecified atom stereocenters. The van der Waals surface area contributed by atoms with Crippen LogP contribution in [0, 0.1) is 0 Å². The lowest BCUT2D eigenvalue weighted by Crippen LogP contribution is -2.08. The summed E-state index contributed by atoms with van der Waals surface area (Å²) < 4.78 is 9.95. The first kappa shape index (κ1) is 9.76. The number of aromatic nitrogens is 1. The molecule has 0 fully saturated rings. The Labute approximate surface area is 76.3 Å². The van der Waals surface area contributed by atoms with E-state index >= 15 is 0 Å². The summed E-state index contributed by atoms with van der Waals surface area (Å²) in [6.07, 6.45) is 1.55. The third-order valence-electron chi connectivity index (χ3n) is 1.62. The zero-order chi connectivity index (χ0) is 9.68. The highest BCUT2D eigenvalue weighted by atomic mass is 16.5. The van der Waals surface area contributed by atoms with Crippen molar-refractivity contribution in [3.8, 4) is 11.6 Å². The smallest absolute Gasteiger partial charge is 0.213 e. The normalized spacial score (nSPS) is 9.77. The van der Waals surface area contributed by atoms with Crippen LogP contribution in [0.2, 0.25) is 0 Å². The third kappa shape index (κ3) is 2.30. The van der Waals surface area contributed by atoms with Crippen LogP contribution in [-0.4, -0.2) is 24.4 Å². The molecule has 72 valence electrons. The third-order valence-corrected chi connectivity index (χ3v) is 1.62. The molecule has 5 nitrogen and oxygen atoms in total. The molecule has 0 amide bonds. The Hall–Kier alpha value is -1.33. The van der Waals surface area contributed by atoms with E-state index in [0.29, 0.717) is 18.2 Å². The second-order valence-corrected chi connectivity index (χ2v) is 2.37. The molecule has 13 heavy (non-hydrogen) atoms. The van der Waals surface area contributed by atoms with E-state index in [1.165, 1.54) is 7.11 Å². The number of hydroxylamine groups is 1. The Morgan fingerprint density at radius 1 is 1.46 bits per heavy atom. The lowest BCUT2D eigenvalue weighted by Gasteiger charge is -2.08. The summed E-state index contributed by atoms with van der Waals surface area (Å²) in [6.45, 7) is 0.294. The van der Waals surface area contributed by atoms with Gasteiger partial charge < -0.3 is 14.7 Å². The molecule has 0 bridgehead atoms. The maximum atomic E-state index is 8.54. The minimum atomic E-state index is 0.294. The van der Waals surface area contributed by atoms with Gasteiger partial charge in [-0.05, 0) is 0 Å². The molecule has 0 spiro atoms. The van der Waals surface area contributed by atoms with Crippen LogP contribution in [0.5, 0.6) is 11.6 Å². The monoisotopic (exact) mass is 184 g/mol. The molecule has 0 aliphatic heterocycles. The SMILES string of the molecule is COc1cc(CNO)c(OC)cn1. The second kappa shape index (κ2) is 4.64. The number of pyridine rings is 1. The summed E-state index contributed by atoms with van der Waals surface area (Å²) in [5.74, 6) is 1.11. The average Bonchev–Trinajstić information content (AvgIpc) is 2.18. The van der Waals surface area contributed by atoms with Gasteiger partial charge in [-0.1, -0.05) is 0 Å². The van der Waals surface area contributed by atoms with E-state index in [2.05, 4.69) is 4.98 Å². The van der Waals surface area contributed by atoms with Crippen LogP contribution in [0.1, 0.15) is 5.56 Å². The molecule has 0 aliphatic carbocycles. The number of hydrogen-bond donors (Lipinski definition) is 2. The summed E-state index contributed by atoms with van der Waals surface area (Å²) in [5.41, 5.74) is 2.84. The van der Waals surface area contributed by atoms with Crippen LogP contribution in [0.15, 0.2) is 12.3 Å². The summed E-state index contributed by atoms with van der Waals surface area (Å²) in [5, 5.41) is 8.54. The van der Waals surface area contributed by atoms with Crippen molar-refractivity contribution >= 4 is 0 Å². The molecule has 0 saturated heterocycles. The lowest BCUT2D eigenvalue weighted by atomic mass is 10.2. The fourth-order valence-corrected chi connectivity index (χ4v) is 0.981. The molecule has 0 aliphatic rings. The molecule has 0 aromatic carbocycles. The highest BCUT2D eigenvalue weighted by Crippen LogP contribution is 2.20. The van der Waals surface area contributed by atoms with Gasteiger partial charge in [0.25, 0.3) is 0 Å². The first-order valence-corrected chi connectivity index (χ1v) is 3.75. The zero-order valence-corrected chi connectivity index (χ0v) is 7.57. The van der Waals surface area contributed by atoms with Gasteiger partial charge in [-0.25, -0.2) is 10.5 Å². The molecule has 2 N–H and O–H groups in total. The van der Waals surface area contributed by atoms with Crippen molar-refractivity contribution < 1.29 is 14.7 Å². The largest absolute Gasteiger partial charge is 0.495 e. The van der Waals surface area contributed by atoms with E-state index in [1.807, 2.05) is 5.48 Å². The molecule has 1 rings (SSSR count). The lowest BCUT2D eigenvalue weighted by molar-refractivity contribution is 0.160. The van der Waals surface area contributed by atoms with Crippen molar-refractivity contribution in [2.75, 3.05) is 14.2 Å². The van der Waals surface area contributed by atoms with E-state index < -0.39 is 0 Å². The average molecular weight is 184 g/mol. The van der Waals surface area contributed by atoms with E-state index in [9.17, 15) is 0 Å². The summed E-state index contributed by atoms with van der Waals surface area (Å²) in [7, 11) is 3.08. The number of ether oxygens (including phenoxy) is 2. The Morgan fingerprint density at radius 2 is 2.23 bits per heavy atom. The van der Waals surface area contributed by atoms with Gasteiger partial charge in [0.2, 0.25) is 5.88 Å². The van der Waals surface area contributed by atoms with Crippen LogP contribution in [0.4, 0.5) is 0 Å². The van der Waals surface area contributed by atoms with E-state index in [1.54, 1.807) is 19.4 Å². The molecule has 1 heterocycles. The predicted octanol–water partition coefficient (Wildman–Crippen LogP) is 0.578. The molecular formula is C8H12N2O3. The Bertz CT molecular complexity index is 278. The van der Waals surface area contributed by atoms with Gasteiger partial charge in [0.1, 0.15) is 5.75 Å². The van der Waals surface area contributed by atoms with Crippen LogP contribution in [0.25, 0.3) is 0 Å². The molecule has 0 atom stereocenters. The molecule has 0 saturated carbocycles. The topological polar surface area (TPSA) is 63.6 Å². The summed E-state index contributed by atoms with van der Waals surface area (Å²) in [4.78, 5) is 3.95. The van der Waals surface area contributed by atoms with Gasteiger partial charge in [0.15, 0.2) is 0 Å². The first-order chi connectivity index (χ1) is 6.31. The van der Waals surface area contributed by atoms with Gasteiger partial charge in [0, 0.05) is 18.2 Å². The highest BCUT2D eigenvalue weighted by molar-refractivity contribution is 5.34. The molecule has 1 aromatic heterocycles. The standard InChI is InChI=1S/C8H12N2O3/c1-12-7-5-9-8(13-2)3-6(7)4-10-11/h3,5,10-11H,4H2,1-2H3. The quantitative estimate of drug-likeness (QED) is 0.670. The maximum absolute atomic E-state index is 8.54. The van der Waals surface area contributed by atoms with E-state index in [4.69, 9.17) is 14.7 Å². The second-order valence-electron chi connectivity index (χ2n) is 2.37. The van der Waals surface area contributed by atoms with Crippen molar-refractivity contribution in [3.63, 3.8) is 0 Å². The van der Waals surface area contributed by atoms with E-state index in [0.717, 1.165) is 5.56 Å². The van der Waals surface area contributed by atoms with Crippen molar-refractivity contribution in [3.05, 3.63) is 17.8 Å². The number of methoxy groups -OCH3 is 2. The fraction of sp³-hybridized carbons (Fsp3) is 0.375. The summed E-state index contributed by atoms with van der Waals surface area (Å²) >= 11 is 0. The zero-order valence-electron chi connectivity index (χ0n) is 7.57. The number of nitrogens with zero attached hydrogens (tertiary/aromatic N) is 1. The molecular weight excluding hydrogens is 172 g/mol. The van der Waals surface area contributed by atoms with Crippen LogP contribution < -0.4 is 15.0 Å². The van der Waals surface area contributed by atoms with Crippen molar-refractivity contribution in [2.45, 2.75) is 6.54 Å². The van der Waals surface area contributed by atoms with Crippen LogP contribution in [-0.2, 0) is 6.54 Å². The first-order valence-electron chi connectivity index (χ1n) is 3.75. The summed E-state index contributed by atoms with van der Waals surface area (Å²) in [6, 6.07) is 1.70. The van der Waals surface area contributed by atoms with Gasteiger partial charge >= 0.3 is 0 Å². The maximum Gasteiger partial charge on any atom is 0.213 e. The van der Waals surface area contributed by atoms with Gasteiger partial charge in [-0.15, -0.1) is 0 Å². The van der Waals surface area contributed by atoms with Crippen molar-refractivity contribution in [1.82, 2.24) is 10.5 Å². The molecule has 1 aromatic rings. The van der Waals surface area contributed by atoms with Crippen molar-refractivity contribution in [1.29, 1.82) is 0 Å². The highest BCUT2D eigenvalue weighted by Gasteiger charge is 2.04. The van der Waals surface area contributed by atoms with Crippen LogP contribution in [0.3, 0.4) is 0 Å². The molecule has 0 radical (unpaired) electrons. The minimum absolute atomic E-state index is 0.294. The van der Waals surface area contributed by atoms with Crippen molar-refractivity contribution in [2.24, 2.45) is 0 Å². The Kier molecular flexibility index (Phi) is 3.48. The number of nitrogens with one attached hydrogen (secondary N) is 1. The van der Waals surface area contributed by atoms with Gasteiger partial charge in [-0.3, -0.25) is 0 Å².